The normalized spacial score (nSPS) is 11.7. The summed E-state index contributed by atoms with van der Waals surface area (Å²) in [7, 11) is 0. The van der Waals surface area contributed by atoms with Crippen LogP contribution in [0.25, 0.3) is 0 Å². The van der Waals surface area contributed by atoms with Crippen LogP contribution in [0.1, 0.15) is 23.4 Å². The summed E-state index contributed by atoms with van der Waals surface area (Å²) >= 11 is 17.7. The van der Waals surface area contributed by atoms with E-state index < -0.39 is 22.8 Å². The summed E-state index contributed by atoms with van der Waals surface area (Å²) in [5, 5.41) is 10.6. The van der Waals surface area contributed by atoms with Gasteiger partial charge in [0.15, 0.2) is 11.5 Å². The van der Waals surface area contributed by atoms with Crippen molar-refractivity contribution in [1.29, 1.82) is 0 Å². The number of nitrogens with one attached hydrogen (secondary N) is 1. The van der Waals surface area contributed by atoms with E-state index >= 15 is 0 Å². The number of rotatable bonds is 6. The number of halogens is 6. The molecule has 12 heteroatoms. The molecule has 0 radical (unpaired) electrons. The van der Waals surface area contributed by atoms with Gasteiger partial charge in [0.2, 0.25) is 5.91 Å². The summed E-state index contributed by atoms with van der Waals surface area (Å²) in [6.07, 6.45) is -3.25. The number of carbonyl (C=O) groups excluding carboxylic acids is 1. The molecule has 160 valence electrons. The third-order valence-corrected chi connectivity index (χ3v) is 5.17. The summed E-state index contributed by atoms with van der Waals surface area (Å²) in [6, 6.07) is 7.17. The zero-order valence-electron chi connectivity index (χ0n) is 15.5. The maximum atomic E-state index is 12.9. The highest BCUT2D eigenvalue weighted by Gasteiger charge is 2.38. The molecule has 0 aliphatic heterocycles. The van der Waals surface area contributed by atoms with Crippen molar-refractivity contribution < 1.29 is 18.0 Å². The SMILES string of the molecule is Cc1c(Cl)c(C(F)(F)F)nn1CCC(=O)Nc1nn(Cc2ccc(Cl)cc2)cc1Cl. The minimum Gasteiger partial charge on any atom is -0.308 e. The Morgan fingerprint density at radius 1 is 1.13 bits per heavy atom. The monoisotopic (exact) mass is 479 g/mol. The maximum Gasteiger partial charge on any atom is 0.436 e. The number of carbonyl (C=O) groups is 1. The van der Waals surface area contributed by atoms with E-state index in [0.717, 1.165) is 10.2 Å². The fraction of sp³-hybridized carbons (Fsp3) is 0.278. The van der Waals surface area contributed by atoms with Crippen LogP contribution in [-0.4, -0.2) is 25.5 Å². The van der Waals surface area contributed by atoms with E-state index in [0.29, 0.717) is 11.6 Å². The van der Waals surface area contributed by atoms with Gasteiger partial charge in [-0.25, -0.2) is 0 Å². The molecule has 0 aliphatic rings. The molecule has 0 fully saturated rings. The lowest BCUT2D eigenvalue weighted by Gasteiger charge is -2.05. The van der Waals surface area contributed by atoms with Gasteiger partial charge in [0.05, 0.1) is 23.8 Å². The summed E-state index contributed by atoms with van der Waals surface area (Å²) in [6.45, 7) is 1.73. The van der Waals surface area contributed by atoms with Crippen molar-refractivity contribution in [2.45, 2.75) is 32.6 Å². The number of anilines is 1. The minimum absolute atomic E-state index is 0.0867. The fourth-order valence-corrected chi connectivity index (χ4v) is 3.23. The summed E-state index contributed by atoms with van der Waals surface area (Å²) in [5.74, 6) is -0.324. The lowest BCUT2D eigenvalue weighted by Crippen LogP contribution is -2.17. The zero-order valence-corrected chi connectivity index (χ0v) is 17.7. The Bertz CT molecular complexity index is 1060. The van der Waals surface area contributed by atoms with Gasteiger partial charge in [-0.3, -0.25) is 14.2 Å². The number of benzene rings is 1. The smallest absolute Gasteiger partial charge is 0.308 e. The van der Waals surface area contributed by atoms with Gasteiger partial charge in [0, 0.05) is 17.6 Å². The molecule has 0 atom stereocenters. The third kappa shape index (κ3) is 5.27. The van der Waals surface area contributed by atoms with Crippen LogP contribution in [0.5, 0.6) is 0 Å². The van der Waals surface area contributed by atoms with Crippen LogP contribution in [0, 0.1) is 6.92 Å². The molecular weight excluding hydrogens is 466 g/mol. The molecule has 30 heavy (non-hydrogen) atoms. The summed E-state index contributed by atoms with van der Waals surface area (Å²) in [4.78, 5) is 12.2. The Kier molecular flexibility index (Phi) is 6.64. The first-order valence-corrected chi connectivity index (χ1v) is 9.75. The lowest BCUT2D eigenvalue weighted by molar-refractivity contribution is -0.141. The lowest BCUT2D eigenvalue weighted by atomic mass is 10.2. The molecule has 3 aromatic rings. The van der Waals surface area contributed by atoms with Crippen molar-refractivity contribution in [1.82, 2.24) is 19.6 Å². The minimum atomic E-state index is -4.67. The van der Waals surface area contributed by atoms with Crippen LogP contribution >= 0.6 is 34.8 Å². The van der Waals surface area contributed by atoms with Gasteiger partial charge in [-0.1, -0.05) is 46.9 Å². The highest BCUT2D eigenvalue weighted by Crippen LogP contribution is 2.35. The number of nitrogens with zero attached hydrogens (tertiary/aromatic N) is 4. The Hall–Kier alpha value is -2.23. The van der Waals surface area contributed by atoms with Gasteiger partial charge < -0.3 is 5.32 Å². The number of aromatic nitrogens is 4. The molecule has 2 aromatic heterocycles. The van der Waals surface area contributed by atoms with Crippen LogP contribution in [-0.2, 0) is 24.1 Å². The summed E-state index contributed by atoms with van der Waals surface area (Å²) in [5.41, 5.74) is -0.115. The second-order valence-electron chi connectivity index (χ2n) is 6.42. The van der Waals surface area contributed by atoms with Crippen molar-refractivity contribution in [3.05, 3.63) is 62.5 Å². The Labute approximate surface area is 184 Å². The average molecular weight is 481 g/mol. The number of alkyl halides is 3. The molecule has 0 saturated carbocycles. The van der Waals surface area contributed by atoms with E-state index in [2.05, 4.69) is 15.5 Å². The van der Waals surface area contributed by atoms with Crippen molar-refractivity contribution >= 4 is 46.5 Å². The number of amides is 1. The van der Waals surface area contributed by atoms with E-state index in [1.54, 1.807) is 23.0 Å². The molecule has 0 unspecified atom stereocenters. The molecule has 2 heterocycles. The molecule has 1 amide bonds. The second kappa shape index (κ2) is 8.87. The van der Waals surface area contributed by atoms with Gasteiger partial charge in [0.25, 0.3) is 0 Å². The van der Waals surface area contributed by atoms with E-state index in [1.807, 2.05) is 12.1 Å². The van der Waals surface area contributed by atoms with Gasteiger partial charge in [-0.2, -0.15) is 23.4 Å². The fourth-order valence-electron chi connectivity index (χ4n) is 2.66. The topological polar surface area (TPSA) is 64.7 Å². The molecule has 3 rings (SSSR count). The highest BCUT2D eigenvalue weighted by molar-refractivity contribution is 6.33. The Morgan fingerprint density at radius 3 is 2.40 bits per heavy atom. The van der Waals surface area contributed by atoms with E-state index in [4.69, 9.17) is 34.8 Å². The van der Waals surface area contributed by atoms with E-state index in [1.165, 1.54) is 6.92 Å². The quantitative estimate of drug-likeness (QED) is 0.511. The van der Waals surface area contributed by atoms with Gasteiger partial charge in [-0.15, -0.1) is 0 Å². The van der Waals surface area contributed by atoms with E-state index in [-0.39, 0.29) is 29.5 Å². The largest absolute Gasteiger partial charge is 0.436 e. The standard InChI is InChI=1S/C18H15Cl3F3N5O/c1-10-15(21)16(18(22,23)24)26-29(10)7-6-14(30)25-17-13(20)9-28(27-17)8-11-2-4-12(19)5-3-11/h2-5,9H,6-8H2,1H3,(H,25,27,30). The van der Waals surface area contributed by atoms with Crippen LogP contribution in [0.4, 0.5) is 19.0 Å². The predicted molar refractivity (Wildman–Crippen MR) is 108 cm³/mol. The van der Waals surface area contributed by atoms with Crippen LogP contribution in [0.15, 0.2) is 30.5 Å². The van der Waals surface area contributed by atoms with Crippen LogP contribution in [0.2, 0.25) is 15.1 Å². The molecule has 1 N–H and O–H groups in total. The van der Waals surface area contributed by atoms with Crippen LogP contribution in [0.3, 0.4) is 0 Å². The van der Waals surface area contributed by atoms with Gasteiger partial charge >= 0.3 is 6.18 Å². The molecule has 1 aromatic carbocycles. The Balaban J connectivity index is 1.62. The average Bonchev–Trinajstić information content (AvgIpc) is 3.15. The molecule has 6 nitrogen and oxygen atoms in total. The molecule has 0 spiro atoms. The molecule has 0 bridgehead atoms. The molecular formula is C18H15Cl3F3N5O. The van der Waals surface area contributed by atoms with Crippen molar-refractivity contribution in [2.75, 3.05) is 5.32 Å². The molecule has 0 aliphatic carbocycles. The van der Waals surface area contributed by atoms with Crippen molar-refractivity contribution in [3.63, 3.8) is 0 Å². The second-order valence-corrected chi connectivity index (χ2v) is 7.64. The molecule has 0 saturated heterocycles. The first kappa shape index (κ1) is 22.5. The van der Waals surface area contributed by atoms with E-state index in [9.17, 15) is 18.0 Å². The summed E-state index contributed by atoms with van der Waals surface area (Å²) < 4.78 is 41.2. The first-order chi connectivity index (χ1) is 14.0. The number of hydrogen-bond acceptors (Lipinski definition) is 3. The van der Waals surface area contributed by atoms with Gasteiger partial charge in [-0.05, 0) is 24.6 Å². The highest BCUT2D eigenvalue weighted by atomic mass is 35.5. The van der Waals surface area contributed by atoms with Crippen LogP contribution < -0.4 is 5.32 Å². The third-order valence-electron chi connectivity index (χ3n) is 4.19. The van der Waals surface area contributed by atoms with Crippen molar-refractivity contribution in [3.8, 4) is 0 Å². The predicted octanol–water partition coefficient (Wildman–Crippen LogP) is 5.44. The maximum absolute atomic E-state index is 12.9. The van der Waals surface area contributed by atoms with Gasteiger partial charge in [0.1, 0.15) is 5.02 Å². The zero-order chi connectivity index (χ0) is 22.1. The Morgan fingerprint density at radius 2 is 1.80 bits per heavy atom. The first-order valence-electron chi connectivity index (χ1n) is 8.62. The number of hydrogen-bond donors (Lipinski definition) is 1. The number of aryl methyl sites for hydroxylation is 1. The van der Waals surface area contributed by atoms with Crippen molar-refractivity contribution in [2.24, 2.45) is 0 Å².